The minimum Gasteiger partial charge on any atom is -0.371 e. The fraction of sp³-hybridized carbons (Fsp3) is 0.857. The van der Waals surface area contributed by atoms with Crippen molar-refractivity contribution in [3.05, 3.63) is 0 Å². The number of nitrogens with one attached hydrogen (secondary N) is 1. The zero-order valence-electron chi connectivity index (χ0n) is 6.15. The van der Waals surface area contributed by atoms with Crippen molar-refractivity contribution in [3.63, 3.8) is 0 Å². The van der Waals surface area contributed by atoms with Crippen molar-refractivity contribution < 1.29 is 0 Å². The van der Waals surface area contributed by atoms with Crippen LogP contribution in [-0.4, -0.2) is 18.4 Å². The van der Waals surface area contributed by atoms with E-state index in [2.05, 4.69) is 24.2 Å². The molecule has 2 nitrogen and oxygen atoms in total. The monoisotopic (exact) mass is 126 g/mol. The van der Waals surface area contributed by atoms with Gasteiger partial charge in [-0.1, -0.05) is 0 Å². The van der Waals surface area contributed by atoms with Crippen LogP contribution in [0.25, 0.3) is 0 Å². The highest BCUT2D eigenvalue weighted by molar-refractivity contribution is 5.84. The van der Waals surface area contributed by atoms with Gasteiger partial charge >= 0.3 is 0 Å². The van der Waals surface area contributed by atoms with E-state index in [0.717, 1.165) is 13.0 Å². The Balaban J connectivity index is 2.38. The molecule has 0 radical (unpaired) electrons. The van der Waals surface area contributed by atoms with Gasteiger partial charge in [0.2, 0.25) is 0 Å². The number of hydrogen-bond acceptors (Lipinski definition) is 1. The standard InChI is InChI=1S/C7H14N2/c1-3-8-7-5-4-6(2)9-7/h6H,3-5H2,1-2H3,(H,8,9). The predicted octanol–water partition coefficient (Wildman–Crippen LogP) is 1.18. The average Bonchev–Trinajstić information content (AvgIpc) is 2.17. The number of aliphatic imine (C=N–C) groups is 1. The zero-order chi connectivity index (χ0) is 6.69. The summed E-state index contributed by atoms with van der Waals surface area (Å²) in [5.41, 5.74) is 0. The van der Waals surface area contributed by atoms with Crippen LogP contribution in [0.4, 0.5) is 0 Å². The molecule has 0 aromatic carbocycles. The normalized spacial score (nSPS) is 30.9. The zero-order valence-corrected chi connectivity index (χ0v) is 6.15. The highest BCUT2D eigenvalue weighted by atomic mass is 15.0. The van der Waals surface area contributed by atoms with Gasteiger partial charge in [-0.3, -0.25) is 4.99 Å². The fourth-order valence-corrected chi connectivity index (χ4v) is 1.10. The Morgan fingerprint density at radius 1 is 1.78 bits per heavy atom. The summed E-state index contributed by atoms with van der Waals surface area (Å²) < 4.78 is 0. The molecule has 0 bridgehead atoms. The molecule has 52 valence electrons. The summed E-state index contributed by atoms with van der Waals surface area (Å²) in [6.45, 7) is 5.17. The van der Waals surface area contributed by atoms with Crippen LogP contribution < -0.4 is 5.32 Å². The molecule has 0 spiro atoms. The Hall–Kier alpha value is -0.530. The fourth-order valence-electron chi connectivity index (χ4n) is 1.10. The molecule has 1 fully saturated rings. The Morgan fingerprint density at radius 2 is 2.56 bits per heavy atom. The second-order valence-electron chi connectivity index (χ2n) is 2.51. The molecule has 1 atom stereocenters. The molecule has 0 aliphatic carbocycles. The minimum atomic E-state index is 0.648. The Morgan fingerprint density at radius 3 is 3.00 bits per heavy atom. The van der Waals surface area contributed by atoms with E-state index in [0.29, 0.717) is 6.04 Å². The first-order chi connectivity index (χ1) is 4.33. The number of rotatable bonds is 1. The molecule has 9 heavy (non-hydrogen) atoms. The SMILES string of the molecule is CCN=C1CCC(C)N1. The molecule has 2 heteroatoms. The van der Waals surface area contributed by atoms with Crippen LogP contribution in [0.5, 0.6) is 0 Å². The minimum absolute atomic E-state index is 0.648. The third kappa shape index (κ3) is 1.70. The second kappa shape index (κ2) is 2.85. The van der Waals surface area contributed by atoms with Crippen molar-refractivity contribution >= 4 is 5.84 Å². The molecule has 1 aliphatic heterocycles. The van der Waals surface area contributed by atoms with Gasteiger partial charge in [0.15, 0.2) is 0 Å². The number of amidine groups is 1. The maximum absolute atomic E-state index is 4.28. The van der Waals surface area contributed by atoms with Crippen molar-refractivity contribution in [2.45, 2.75) is 32.7 Å². The molecular weight excluding hydrogens is 112 g/mol. The highest BCUT2D eigenvalue weighted by Gasteiger charge is 2.12. The van der Waals surface area contributed by atoms with Crippen LogP contribution in [0.2, 0.25) is 0 Å². The lowest BCUT2D eigenvalue weighted by Crippen LogP contribution is -2.22. The lowest BCUT2D eigenvalue weighted by molar-refractivity contribution is 0.691. The quantitative estimate of drug-likeness (QED) is 0.560. The lowest BCUT2D eigenvalue weighted by Gasteiger charge is -2.00. The summed E-state index contributed by atoms with van der Waals surface area (Å²) in [7, 11) is 0. The van der Waals surface area contributed by atoms with Gasteiger partial charge in [0, 0.05) is 19.0 Å². The van der Waals surface area contributed by atoms with Gasteiger partial charge in [-0.25, -0.2) is 0 Å². The lowest BCUT2D eigenvalue weighted by atomic mass is 10.3. The van der Waals surface area contributed by atoms with Gasteiger partial charge in [0.25, 0.3) is 0 Å². The molecule has 1 aliphatic rings. The van der Waals surface area contributed by atoms with E-state index >= 15 is 0 Å². The topological polar surface area (TPSA) is 24.4 Å². The summed E-state index contributed by atoms with van der Waals surface area (Å²) in [6.07, 6.45) is 2.40. The van der Waals surface area contributed by atoms with Crippen molar-refractivity contribution in [2.24, 2.45) is 4.99 Å². The number of hydrogen-bond donors (Lipinski definition) is 1. The molecule has 1 rings (SSSR count). The van der Waals surface area contributed by atoms with Crippen molar-refractivity contribution in [2.75, 3.05) is 6.54 Å². The third-order valence-electron chi connectivity index (χ3n) is 1.58. The summed E-state index contributed by atoms with van der Waals surface area (Å²) in [5.74, 6) is 1.20. The van der Waals surface area contributed by atoms with Gasteiger partial charge in [-0.2, -0.15) is 0 Å². The Labute approximate surface area is 56.4 Å². The smallest absolute Gasteiger partial charge is 0.0965 e. The first-order valence-corrected chi connectivity index (χ1v) is 3.62. The summed E-state index contributed by atoms with van der Waals surface area (Å²) in [6, 6.07) is 0.648. The highest BCUT2D eigenvalue weighted by Crippen LogP contribution is 2.05. The van der Waals surface area contributed by atoms with E-state index < -0.39 is 0 Å². The van der Waals surface area contributed by atoms with E-state index in [9.17, 15) is 0 Å². The van der Waals surface area contributed by atoms with Gasteiger partial charge in [0.1, 0.15) is 0 Å². The van der Waals surface area contributed by atoms with Crippen molar-refractivity contribution in [3.8, 4) is 0 Å². The largest absolute Gasteiger partial charge is 0.371 e. The molecule has 1 saturated heterocycles. The van der Waals surface area contributed by atoms with Crippen LogP contribution in [0.15, 0.2) is 4.99 Å². The number of nitrogens with zero attached hydrogens (tertiary/aromatic N) is 1. The van der Waals surface area contributed by atoms with Crippen molar-refractivity contribution in [1.82, 2.24) is 5.32 Å². The average molecular weight is 126 g/mol. The van der Waals surface area contributed by atoms with Gasteiger partial charge in [-0.05, 0) is 20.3 Å². The molecule has 0 aromatic heterocycles. The molecule has 1 heterocycles. The van der Waals surface area contributed by atoms with Gasteiger partial charge in [-0.15, -0.1) is 0 Å². The van der Waals surface area contributed by atoms with Crippen LogP contribution in [-0.2, 0) is 0 Å². The molecule has 0 saturated carbocycles. The van der Waals surface area contributed by atoms with Crippen LogP contribution >= 0.6 is 0 Å². The molecular formula is C7H14N2. The van der Waals surface area contributed by atoms with Crippen LogP contribution in [0.3, 0.4) is 0 Å². The second-order valence-corrected chi connectivity index (χ2v) is 2.51. The van der Waals surface area contributed by atoms with Crippen LogP contribution in [0, 0.1) is 0 Å². The van der Waals surface area contributed by atoms with E-state index in [4.69, 9.17) is 0 Å². The maximum Gasteiger partial charge on any atom is 0.0965 e. The summed E-state index contributed by atoms with van der Waals surface area (Å²) in [4.78, 5) is 4.28. The van der Waals surface area contributed by atoms with Crippen LogP contribution in [0.1, 0.15) is 26.7 Å². The van der Waals surface area contributed by atoms with E-state index in [1.807, 2.05) is 0 Å². The molecule has 1 N–H and O–H groups in total. The Bertz CT molecular complexity index is 118. The van der Waals surface area contributed by atoms with Gasteiger partial charge < -0.3 is 5.32 Å². The summed E-state index contributed by atoms with van der Waals surface area (Å²) >= 11 is 0. The maximum atomic E-state index is 4.28. The molecule has 0 aromatic rings. The predicted molar refractivity (Wildman–Crippen MR) is 39.8 cm³/mol. The first kappa shape index (κ1) is 6.59. The van der Waals surface area contributed by atoms with Crippen molar-refractivity contribution in [1.29, 1.82) is 0 Å². The molecule has 1 unspecified atom stereocenters. The third-order valence-corrected chi connectivity index (χ3v) is 1.58. The first-order valence-electron chi connectivity index (χ1n) is 3.62. The van der Waals surface area contributed by atoms with E-state index in [1.54, 1.807) is 0 Å². The van der Waals surface area contributed by atoms with Gasteiger partial charge in [0.05, 0.1) is 5.84 Å². The van der Waals surface area contributed by atoms with E-state index in [-0.39, 0.29) is 0 Å². The molecule has 0 amide bonds. The van der Waals surface area contributed by atoms with E-state index in [1.165, 1.54) is 12.3 Å². The summed E-state index contributed by atoms with van der Waals surface area (Å²) in [5, 5.41) is 3.30. The Kier molecular flexibility index (Phi) is 2.09.